The average molecular weight is 397 g/mol. The lowest BCUT2D eigenvalue weighted by Crippen LogP contribution is -2.22. The molecular formula is C20H13BrO4. The van der Waals surface area contributed by atoms with Crippen LogP contribution in [0.15, 0.2) is 82.2 Å². The fraction of sp³-hybridized carbons (Fsp3) is 0. The molecule has 4 nitrogen and oxygen atoms in total. The molecule has 3 rings (SSSR count). The molecule has 0 saturated heterocycles. The Bertz CT molecular complexity index is 935. The molecule has 0 aliphatic heterocycles. The van der Waals surface area contributed by atoms with Crippen LogP contribution < -0.4 is 0 Å². The lowest BCUT2D eigenvalue weighted by atomic mass is 9.89. The van der Waals surface area contributed by atoms with Crippen LogP contribution in [-0.2, 0) is 9.59 Å². The van der Waals surface area contributed by atoms with Crippen LogP contribution in [-0.4, -0.2) is 21.8 Å². The van der Waals surface area contributed by atoms with Crippen molar-refractivity contribution in [1.82, 2.24) is 0 Å². The molecule has 0 spiro atoms. The number of allylic oxidation sites excluding steroid dienone is 3. The summed E-state index contributed by atoms with van der Waals surface area (Å²) >= 11 is 3.33. The molecule has 25 heavy (non-hydrogen) atoms. The zero-order chi connectivity index (χ0) is 18.0. The summed E-state index contributed by atoms with van der Waals surface area (Å²) in [6, 6.07) is 15.5. The van der Waals surface area contributed by atoms with Crippen LogP contribution in [0.3, 0.4) is 0 Å². The van der Waals surface area contributed by atoms with Crippen molar-refractivity contribution in [1.29, 1.82) is 0 Å². The van der Waals surface area contributed by atoms with E-state index < -0.39 is 23.1 Å². The van der Waals surface area contributed by atoms with Crippen molar-refractivity contribution in [3.05, 3.63) is 93.4 Å². The Morgan fingerprint density at radius 3 is 2.04 bits per heavy atom. The number of benzene rings is 2. The summed E-state index contributed by atoms with van der Waals surface area (Å²) < 4.78 is 0.906. The molecule has 2 N–H and O–H groups in total. The maximum atomic E-state index is 12.4. The highest BCUT2D eigenvalue weighted by Gasteiger charge is 2.34. The van der Waals surface area contributed by atoms with E-state index in [1.54, 1.807) is 48.5 Å². The van der Waals surface area contributed by atoms with Gasteiger partial charge in [-0.05, 0) is 29.3 Å². The van der Waals surface area contributed by atoms with E-state index in [0.717, 1.165) is 10.0 Å². The monoisotopic (exact) mass is 396 g/mol. The predicted molar refractivity (Wildman–Crippen MR) is 98.8 cm³/mol. The van der Waals surface area contributed by atoms with Gasteiger partial charge in [-0.2, -0.15) is 0 Å². The van der Waals surface area contributed by atoms with E-state index in [4.69, 9.17) is 0 Å². The molecule has 0 heterocycles. The third kappa shape index (κ3) is 3.32. The standard InChI is InChI=1S/C20H13BrO4/c21-14-9-6-12(7-10-14)8-11-15-17(22)19(24)16(20(25)18(15)23)13-4-2-1-3-5-13/h1-11,22,25H. The van der Waals surface area contributed by atoms with E-state index in [-0.39, 0.29) is 11.1 Å². The average Bonchev–Trinajstić information content (AvgIpc) is 2.63. The number of Topliss-reactive ketones (excluding diaryl/α,β-unsaturated/α-hetero) is 2. The molecule has 0 unspecified atom stereocenters. The number of aliphatic hydroxyl groups is 2. The minimum atomic E-state index is -0.788. The van der Waals surface area contributed by atoms with Crippen LogP contribution in [0.1, 0.15) is 11.1 Å². The first-order valence-corrected chi connectivity index (χ1v) is 8.23. The smallest absolute Gasteiger partial charge is 0.232 e. The second-order valence-corrected chi connectivity index (χ2v) is 6.31. The van der Waals surface area contributed by atoms with Crippen molar-refractivity contribution in [2.24, 2.45) is 0 Å². The summed E-state index contributed by atoms with van der Waals surface area (Å²) in [5, 5.41) is 20.4. The predicted octanol–water partition coefficient (Wildman–Crippen LogP) is 4.40. The Balaban J connectivity index is 1.98. The fourth-order valence-corrected chi connectivity index (χ4v) is 2.74. The van der Waals surface area contributed by atoms with Crippen LogP contribution in [0.25, 0.3) is 11.6 Å². The van der Waals surface area contributed by atoms with Gasteiger partial charge in [-0.3, -0.25) is 9.59 Å². The summed E-state index contributed by atoms with van der Waals surface area (Å²) in [4.78, 5) is 24.8. The SMILES string of the molecule is O=C1C(O)=C(c2ccccc2)C(=O)C(O)=C1C=Cc1ccc(Br)cc1. The zero-order valence-corrected chi connectivity index (χ0v) is 14.5. The fourth-order valence-electron chi connectivity index (χ4n) is 2.48. The van der Waals surface area contributed by atoms with Gasteiger partial charge in [0.1, 0.15) is 0 Å². The second kappa shape index (κ2) is 6.91. The number of hydrogen-bond donors (Lipinski definition) is 2. The first-order valence-electron chi connectivity index (χ1n) is 7.44. The molecule has 2 aromatic carbocycles. The Labute approximate surface area is 152 Å². The van der Waals surface area contributed by atoms with Crippen LogP contribution in [0, 0.1) is 0 Å². The van der Waals surface area contributed by atoms with Crippen molar-refractivity contribution in [2.45, 2.75) is 0 Å². The molecular weight excluding hydrogens is 384 g/mol. The van der Waals surface area contributed by atoms with E-state index in [0.29, 0.717) is 5.56 Å². The third-order valence-electron chi connectivity index (χ3n) is 3.77. The van der Waals surface area contributed by atoms with Gasteiger partial charge < -0.3 is 10.2 Å². The summed E-state index contributed by atoms with van der Waals surface area (Å²) in [6.45, 7) is 0. The normalized spacial score (nSPS) is 15.4. The Hall–Kier alpha value is -2.92. The van der Waals surface area contributed by atoms with Crippen LogP contribution in [0.2, 0.25) is 0 Å². The molecule has 0 bridgehead atoms. The molecule has 0 aromatic heterocycles. The van der Waals surface area contributed by atoms with Crippen molar-refractivity contribution in [2.75, 3.05) is 0 Å². The van der Waals surface area contributed by atoms with Gasteiger partial charge in [0.2, 0.25) is 11.6 Å². The number of rotatable bonds is 3. The summed E-state index contributed by atoms with van der Waals surface area (Å²) in [7, 11) is 0. The number of aliphatic hydroxyl groups excluding tert-OH is 2. The molecule has 2 aromatic rings. The number of hydrogen-bond acceptors (Lipinski definition) is 4. The van der Waals surface area contributed by atoms with Gasteiger partial charge >= 0.3 is 0 Å². The lowest BCUT2D eigenvalue weighted by Gasteiger charge is -2.16. The number of halogens is 1. The van der Waals surface area contributed by atoms with E-state index in [1.807, 2.05) is 12.1 Å². The van der Waals surface area contributed by atoms with Crippen molar-refractivity contribution < 1.29 is 19.8 Å². The molecule has 0 radical (unpaired) electrons. The first kappa shape index (κ1) is 16.9. The van der Waals surface area contributed by atoms with E-state index in [2.05, 4.69) is 15.9 Å². The van der Waals surface area contributed by atoms with Gasteiger partial charge in [-0.25, -0.2) is 0 Å². The van der Waals surface area contributed by atoms with E-state index >= 15 is 0 Å². The summed E-state index contributed by atoms with van der Waals surface area (Å²) in [6.07, 6.45) is 2.92. The summed E-state index contributed by atoms with van der Waals surface area (Å²) in [5.41, 5.74) is 0.732. The van der Waals surface area contributed by atoms with Gasteiger partial charge in [-0.15, -0.1) is 0 Å². The first-order chi connectivity index (χ1) is 12.0. The molecule has 0 amide bonds. The minimum Gasteiger partial charge on any atom is -0.504 e. The number of carbonyl (C=O) groups is 2. The molecule has 0 fully saturated rings. The Morgan fingerprint density at radius 2 is 1.40 bits per heavy atom. The maximum Gasteiger partial charge on any atom is 0.232 e. The highest BCUT2D eigenvalue weighted by molar-refractivity contribution is 9.10. The highest BCUT2D eigenvalue weighted by Crippen LogP contribution is 2.30. The lowest BCUT2D eigenvalue weighted by molar-refractivity contribution is -0.118. The zero-order valence-electron chi connectivity index (χ0n) is 12.9. The largest absolute Gasteiger partial charge is 0.504 e. The Kier molecular flexibility index (Phi) is 4.67. The third-order valence-corrected chi connectivity index (χ3v) is 4.30. The molecule has 1 aliphatic carbocycles. The molecule has 0 atom stereocenters. The second-order valence-electron chi connectivity index (χ2n) is 5.40. The number of carbonyl (C=O) groups excluding carboxylic acids is 2. The topological polar surface area (TPSA) is 74.6 Å². The Morgan fingerprint density at radius 1 is 0.760 bits per heavy atom. The van der Waals surface area contributed by atoms with Gasteiger partial charge in [0.25, 0.3) is 0 Å². The van der Waals surface area contributed by atoms with Gasteiger partial charge in [-0.1, -0.05) is 64.5 Å². The van der Waals surface area contributed by atoms with Crippen LogP contribution in [0.5, 0.6) is 0 Å². The molecule has 0 saturated carbocycles. The van der Waals surface area contributed by atoms with Gasteiger partial charge in [0.15, 0.2) is 11.5 Å². The maximum absolute atomic E-state index is 12.4. The number of ketones is 2. The molecule has 1 aliphatic rings. The van der Waals surface area contributed by atoms with Crippen molar-refractivity contribution in [3.8, 4) is 0 Å². The quantitative estimate of drug-likeness (QED) is 0.754. The van der Waals surface area contributed by atoms with Crippen molar-refractivity contribution in [3.63, 3.8) is 0 Å². The minimum absolute atomic E-state index is 0.191. The van der Waals surface area contributed by atoms with Gasteiger partial charge in [0, 0.05) is 4.47 Å². The summed E-state index contributed by atoms with van der Waals surface area (Å²) in [5.74, 6) is -2.90. The van der Waals surface area contributed by atoms with E-state index in [9.17, 15) is 19.8 Å². The molecule has 124 valence electrons. The van der Waals surface area contributed by atoms with Crippen molar-refractivity contribution >= 4 is 39.1 Å². The molecule has 5 heteroatoms. The van der Waals surface area contributed by atoms with E-state index in [1.165, 1.54) is 6.08 Å². The van der Waals surface area contributed by atoms with Crippen LogP contribution in [0.4, 0.5) is 0 Å². The highest BCUT2D eigenvalue weighted by atomic mass is 79.9. The van der Waals surface area contributed by atoms with Gasteiger partial charge in [0.05, 0.1) is 11.1 Å². The van der Waals surface area contributed by atoms with Crippen LogP contribution >= 0.6 is 15.9 Å².